The molecule has 0 aromatic rings. The monoisotopic (exact) mass is 336 g/mol. The second-order valence-corrected chi connectivity index (χ2v) is 7.21. The van der Waals surface area contributed by atoms with E-state index in [1.54, 1.807) is 11.0 Å². The van der Waals surface area contributed by atoms with Gasteiger partial charge in [0.25, 0.3) is 0 Å². The summed E-state index contributed by atoms with van der Waals surface area (Å²) in [5, 5.41) is 20.8. The summed E-state index contributed by atoms with van der Waals surface area (Å²) < 4.78 is 14.2. The third-order valence-electron chi connectivity index (χ3n) is 5.98. The summed E-state index contributed by atoms with van der Waals surface area (Å²) in [6.45, 7) is 1.26. The molecule has 4 heteroatoms. The van der Waals surface area contributed by atoms with Crippen LogP contribution in [0.2, 0.25) is 0 Å². The van der Waals surface area contributed by atoms with Gasteiger partial charge in [-0.25, -0.2) is 4.39 Å². The lowest BCUT2D eigenvalue weighted by Gasteiger charge is -2.47. The number of aliphatic hydroxyl groups is 1. The molecule has 2 unspecified atom stereocenters. The number of allylic oxidation sites excluding steroid dienone is 10. The minimum atomic E-state index is -1.21. The normalized spacial score (nSPS) is 34.3. The summed E-state index contributed by atoms with van der Waals surface area (Å²) in [5.41, 5.74) is 0.0956. The van der Waals surface area contributed by atoms with Crippen LogP contribution in [0.5, 0.6) is 0 Å². The highest BCUT2D eigenvalue weighted by Gasteiger charge is 2.50. The van der Waals surface area contributed by atoms with E-state index in [0.29, 0.717) is 32.4 Å². The first-order valence-corrected chi connectivity index (χ1v) is 8.80. The Hall–Kier alpha value is -2.38. The first-order chi connectivity index (χ1) is 12.1. The van der Waals surface area contributed by atoms with Gasteiger partial charge < -0.3 is 10.0 Å². The van der Waals surface area contributed by atoms with Crippen LogP contribution in [0.3, 0.4) is 0 Å². The molecular weight excluding hydrogens is 315 g/mol. The molecule has 1 saturated heterocycles. The maximum absolute atomic E-state index is 14.2. The minimum absolute atomic E-state index is 0.0329. The lowest BCUT2D eigenvalue weighted by Crippen LogP contribution is -2.48. The minimum Gasteiger partial charge on any atom is -0.381 e. The predicted octanol–water partition coefficient (Wildman–Crippen LogP) is 3.70. The molecule has 3 aliphatic carbocycles. The van der Waals surface area contributed by atoms with Crippen molar-refractivity contribution in [1.82, 2.24) is 4.90 Å². The molecule has 0 saturated carbocycles. The van der Waals surface area contributed by atoms with Crippen molar-refractivity contribution < 1.29 is 9.50 Å². The predicted molar refractivity (Wildman–Crippen MR) is 94.7 cm³/mol. The van der Waals surface area contributed by atoms with Crippen molar-refractivity contribution in [2.24, 2.45) is 11.3 Å². The molecule has 4 aliphatic rings. The van der Waals surface area contributed by atoms with E-state index in [4.69, 9.17) is 5.26 Å². The molecule has 0 aromatic heterocycles. The van der Waals surface area contributed by atoms with Crippen LogP contribution in [-0.4, -0.2) is 28.7 Å². The zero-order valence-electron chi connectivity index (χ0n) is 14.0. The van der Waals surface area contributed by atoms with Crippen LogP contribution in [0.1, 0.15) is 19.3 Å². The second-order valence-electron chi connectivity index (χ2n) is 7.21. The molecule has 128 valence electrons. The molecule has 4 rings (SSSR count). The van der Waals surface area contributed by atoms with Crippen LogP contribution < -0.4 is 0 Å². The Morgan fingerprint density at radius 1 is 1.20 bits per heavy atom. The highest BCUT2D eigenvalue weighted by atomic mass is 19.1. The lowest BCUT2D eigenvalue weighted by molar-refractivity contribution is 0.0228. The van der Waals surface area contributed by atoms with Gasteiger partial charge in [0.1, 0.15) is 11.4 Å². The van der Waals surface area contributed by atoms with Crippen molar-refractivity contribution in [2.45, 2.75) is 24.9 Å². The summed E-state index contributed by atoms with van der Waals surface area (Å²) in [5.74, 6) is -0.319. The smallest absolute Gasteiger partial charge is 0.179 e. The number of likely N-dealkylation sites (tertiary alicyclic amines) is 1. The number of nitriles is 1. The first kappa shape index (κ1) is 16.1. The molecule has 0 bridgehead atoms. The van der Waals surface area contributed by atoms with Crippen LogP contribution in [0.25, 0.3) is 0 Å². The standard InChI is InChI=1S/C21H21FN2O/c22-18-6-11-20-9-2-1-4-16(20)5-3-10-21(25,19(20)14-18)17-7-12-24(15-23)13-8-17/h1-6,9-10,14,17,25H,7-8,11-13H2. The van der Waals surface area contributed by atoms with Gasteiger partial charge in [-0.15, -0.1) is 0 Å². The second kappa shape index (κ2) is 5.86. The van der Waals surface area contributed by atoms with E-state index >= 15 is 0 Å². The van der Waals surface area contributed by atoms with Crippen molar-refractivity contribution in [3.05, 3.63) is 71.7 Å². The topological polar surface area (TPSA) is 47.3 Å². The number of piperidine rings is 1. The molecular formula is C21H21FN2O. The van der Waals surface area contributed by atoms with E-state index in [1.165, 1.54) is 6.08 Å². The summed E-state index contributed by atoms with van der Waals surface area (Å²) in [4.78, 5) is 1.72. The molecule has 0 radical (unpaired) electrons. The maximum atomic E-state index is 14.2. The highest BCUT2D eigenvalue weighted by Crippen LogP contribution is 2.54. The molecule has 0 amide bonds. The summed E-state index contributed by atoms with van der Waals surface area (Å²) >= 11 is 0. The van der Waals surface area contributed by atoms with E-state index < -0.39 is 11.0 Å². The van der Waals surface area contributed by atoms with Crippen LogP contribution in [-0.2, 0) is 0 Å². The number of nitrogens with zero attached hydrogens (tertiary/aromatic N) is 2. The lowest BCUT2D eigenvalue weighted by atomic mass is 9.60. The Balaban J connectivity index is 1.79. The van der Waals surface area contributed by atoms with Crippen molar-refractivity contribution in [2.75, 3.05) is 13.1 Å². The van der Waals surface area contributed by atoms with Gasteiger partial charge in [0.15, 0.2) is 6.19 Å². The summed E-state index contributed by atoms with van der Waals surface area (Å²) in [7, 11) is 0. The van der Waals surface area contributed by atoms with E-state index in [2.05, 4.69) is 12.3 Å². The Morgan fingerprint density at radius 2 is 2.00 bits per heavy atom. The Bertz CT molecular complexity index is 802. The largest absolute Gasteiger partial charge is 0.381 e. The van der Waals surface area contributed by atoms with Gasteiger partial charge in [-0.3, -0.25) is 0 Å². The van der Waals surface area contributed by atoms with Crippen molar-refractivity contribution >= 4 is 0 Å². The van der Waals surface area contributed by atoms with Crippen LogP contribution in [0.4, 0.5) is 4.39 Å². The van der Waals surface area contributed by atoms with Gasteiger partial charge in [-0.1, -0.05) is 36.5 Å². The number of rotatable bonds is 1. The van der Waals surface area contributed by atoms with Crippen molar-refractivity contribution in [3.63, 3.8) is 0 Å². The molecule has 1 aliphatic heterocycles. The maximum Gasteiger partial charge on any atom is 0.179 e. The molecule has 1 spiro atoms. The van der Waals surface area contributed by atoms with Gasteiger partial charge in [-0.05, 0) is 54.6 Å². The third kappa shape index (κ3) is 2.42. The average molecular weight is 336 g/mol. The van der Waals surface area contributed by atoms with Crippen LogP contribution in [0, 0.1) is 22.8 Å². The van der Waals surface area contributed by atoms with Gasteiger partial charge in [0.2, 0.25) is 0 Å². The SMILES string of the molecule is N#CN1CCC(C2(O)C=CC=C3C=CC=CC34CC=C(F)C=C42)CC1. The summed E-state index contributed by atoms with van der Waals surface area (Å²) in [6, 6.07) is 0. The number of halogens is 1. The third-order valence-corrected chi connectivity index (χ3v) is 5.98. The zero-order valence-corrected chi connectivity index (χ0v) is 14.0. The summed E-state index contributed by atoms with van der Waals surface area (Å²) in [6.07, 6.45) is 21.0. The van der Waals surface area contributed by atoms with Crippen LogP contribution >= 0.6 is 0 Å². The Labute approximate surface area is 147 Å². The van der Waals surface area contributed by atoms with Gasteiger partial charge in [0.05, 0.1) is 0 Å². The fourth-order valence-electron chi connectivity index (χ4n) is 4.59. The Kier molecular flexibility index (Phi) is 3.77. The fraction of sp³-hybridized carbons (Fsp3) is 0.381. The number of hydrogen-bond donors (Lipinski definition) is 1. The van der Waals surface area contributed by atoms with Crippen molar-refractivity contribution in [1.29, 1.82) is 5.26 Å². The molecule has 3 nitrogen and oxygen atoms in total. The average Bonchev–Trinajstić information content (AvgIpc) is 2.77. The fourth-order valence-corrected chi connectivity index (χ4v) is 4.59. The number of hydrogen-bond acceptors (Lipinski definition) is 3. The van der Waals surface area contributed by atoms with E-state index in [1.807, 2.05) is 36.5 Å². The van der Waals surface area contributed by atoms with Gasteiger partial charge in [-0.2, -0.15) is 5.26 Å². The van der Waals surface area contributed by atoms with Gasteiger partial charge in [0, 0.05) is 18.5 Å². The van der Waals surface area contributed by atoms with Gasteiger partial charge >= 0.3 is 0 Å². The Morgan fingerprint density at radius 3 is 2.76 bits per heavy atom. The van der Waals surface area contributed by atoms with E-state index in [0.717, 1.165) is 11.1 Å². The first-order valence-electron chi connectivity index (χ1n) is 8.80. The van der Waals surface area contributed by atoms with E-state index in [9.17, 15) is 9.50 Å². The van der Waals surface area contributed by atoms with Crippen LogP contribution in [0.15, 0.2) is 71.7 Å². The molecule has 25 heavy (non-hydrogen) atoms. The highest BCUT2D eigenvalue weighted by molar-refractivity contribution is 5.57. The molecule has 1 N–H and O–H groups in total. The zero-order chi connectivity index (χ0) is 17.5. The van der Waals surface area contributed by atoms with Crippen molar-refractivity contribution in [3.8, 4) is 6.19 Å². The quantitative estimate of drug-likeness (QED) is 0.743. The molecule has 1 heterocycles. The molecule has 1 fully saturated rings. The van der Waals surface area contributed by atoms with E-state index in [-0.39, 0.29) is 11.7 Å². The molecule has 0 aromatic carbocycles. The molecule has 2 atom stereocenters.